The summed E-state index contributed by atoms with van der Waals surface area (Å²) in [6, 6.07) is 13.0. The minimum Gasteiger partial charge on any atom is -0.299 e. The van der Waals surface area contributed by atoms with Gasteiger partial charge >= 0.3 is 0 Å². The molecule has 0 fully saturated rings. The number of nitro benzene ring substituents is 1. The first-order valence-electron chi connectivity index (χ1n) is 8.22. The summed E-state index contributed by atoms with van der Waals surface area (Å²) in [7, 11) is 0. The van der Waals surface area contributed by atoms with E-state index in [2.05, 4.69) is 9.98 Å². The van der Waals surface area contributed by atoms with Crippen LogP contribution in [0, 0.1) is 16.0 Å². The summed E-state index contributed by atoms with van der Waals surface area (Å²) < 4.78 is 0. The van der Waals surface area contributed by atoms with Gasteiger partial charge in [-0.1, -0.05) is 12.1 Å². The Morgan fingerprint density at radius 2 is 1.96 bits per heavy atom. The number of aliphatic imine (C=N–C) groups is 1. The second-order valence-corrected chi connectivity index (χ2v) is 6.27. The van der Waals surface area contributed by atoms with E-state index in [9.17, 15) is 19.7 Å². The molecular formula is C20H13N3O4. The first-order chi connectivity index (χ1) is 13.0. The highest BCUT2D eigenvalue weighted by molar-refractivity contribution is 6.37. The van der Waals surface area contributed by atoms with E-state index in [1.807, 2.05) is 18.2 Å². The third kappa shape index (κ3) is 2.79. The molecule has 1 atom stereocenters. The van der Waals surface area contributed by atoms with Crippen molar-refractivity contribution in [3.8, 4) is 0 Å². The monoisotopic (exact) mass is 359 g/mol. The summed E-state index contributed by atoms with van der Waals surface area (Å²) >= 11 is 0. The van der Waals surface area contributed by atoms with E-state index in [4.69, 9.17) is 0 Å². The molecule has 1 aromatic heterocycles. The van der Waals surface area contributed by atoms with Crippen LogP contribution in [0.1, 0.15) is 22.8 Å². The van der Waals surface area contributed by atoms with Crippen LogP contribution in [0.4, 0.5) is 11.4 Å². The topological polar surface area (TPSA) is 103 Å². The van der Waals surface area contributed by atoms with Gasteiger partial charge in [0.1, 0.15) is 11.7 Å². The Hall–Kier alpha value is -3.74. The van der Waals surface area contributed by atoms with Crippen LogP contribution in [0.15, 0.2) is 59.7 Å². The lowest BCUT2D eigenvalue weighted by atomic mass is 9.99. The van der Waals surface area contributed by atoms with Gasteiger partial charge in [-0.15, -0.1) is 0 Å². The molecule has 0 bridgehead atoms. The summed E-state index contributed by atoms with van der Waals surface area (Å²) in [5.41, 5.74) is 1.94. The summed E-state index contributed by atoms with van der Waals surface area (Å²) in [4.78, 5) is 44.1. The Morgan fingerprint density at radius 3 is 2.70 bits per heavy atom. The number of benzene rings is 2. The Bertz CT molecular complexity index is 1170. The van der Waals surface area contributed by atoms with Crippen molar-refractivity contribution in [3.05, 3.63) is 76.0 Å². The molecule has 0 radical (unpaired) electrons. The maximum atomic E-state index is 12.6. The zero-order valence-electron chi connectivity index (χ0n) is 14.2. The molecule has 0 spiro atoms. The molecule has 0 N–H and O–H groups in total. The maximum absolute atomic E-state index is 12.6. The molecule has 132 valence electrons. The number of pyridine rings is 1. The lowest BCUT2D eigenvalue weighted by Gasteiger charge is -2.07. The van der Waals surface area contributed by atoms with Crippen molar-refractivity contribution in [3.63, 3.8) is 0 Å². The van der Waals surface area contributed by atoms with Crippen molar-refractivity contribution < 1.29 is 14.5 Å². The van der Waals surface area contributed by atoms with E-state index >= 15 is 0 Å². The van der Waals surface area contributed by atoms with Crippen LogP contribution in [0.25, 0.3) is 10.9 Å². The Labute approximate surface area is 153 Å². The van der Waals surface area contributed by atoms with Gasteiger partial charge in [0.25, 0.3) is 5.69 Å². The third-order valence-corrected chi connectivity index (χ3v) is 4.54. The first-order valence-corrected chi connectivity index (χ1v) is 8.22. The molecule has 0 amide bonds. The number of hydrogen-bond acceptors (Lipinski definition) is 6. The fourth-order valence-corrected chi connectivity index (χ4v) is 3.27. The number of rotatable bonds is 3. The molecule has 1 aliphatic carbocycles. The minimum atomic E-state index is -1.05. The predicted molar refractivity (Wildman–Crippen MR) is 99.5 cm³/mol. The van der Waals surface area contributed by atoms with Gasteiger partial charge in [-0.05, 0) is 31.2 Å². The van der Waals surface area contributed by atoms with Crippen molar-refractivity contribution in [1.82, 2.24) is 4.98 Å². The van der Waals surface area contributed by atoms with Crippen LogP contribution in [0.2, 0.25) is 0 Å². The normalized spacial score (nSPS) is 17.3. The highest BCUT2D eigenvalue weighted by Gasteiger charge is 2.40. The van der Waals surface area contributed by atoms with E-state index in [1.54, 1.807) is 18.3 Å². The SMILES string of the molecule is CC(=O)[C@@H]1C(=O)c2ccc([N+](=O)[O-])cc2C1=Nc1ccc2cccnc2c1. The van der Waals surface area contributed by atoms with Crippen molar-refractivity contribution in [1.29, 1.82) is 0 Å². The summed E-state index contributed by atoms with van der Waals surface area (Å²) in [6.45, 7) is 1.32. The lowest BCUT2D eigenvalue weighted by molar-refractivity contribution is -0.384. The van der Waals surface area contributed by atoms with Crippen molar-refractivity contribution >= 4 is 39.6 Å². The molecule has 0 aliphatic heterocycles. The number of nitrogens with zero attached hydrogens (tertiary/aromatic N) is 3. The largest absolute Gasteiger partial charge is 0.299 e. The number of carbonyl (C=O) groups is 2. The molecule has 0 saturated heterocycles. The lowest BCUT2D eigenvalue weighted by Crippen LogP contribution is -2.23. The highest BCUT2D eigenvalue weighted by atomic mass is 16.6. The fraction of sp³-hybridized carbons (Fsp3) is 0.100. The van der Waals surface area contributed by atoms with Gasteiger partial charge in [0, 0.05) is 34.8 Å². The van der Waals surface area contributed by atoms with Gasteiger partial charge in [0.2, 0.25) is 0 Å². The average molecular weight is 359 g/mol. The predicted octanol–water partition coefficient (Wildman–Crippen LogP) is 3.67. The molecule has 27 heavy (non-hydrogen) atoms. The van der Waals surface area contributed by atoms with Gasteiger partial charge in [0.05, 0.1) is 21.8 Å². The van der Waals surface area contributed by atoms with Gasteiger partial charge in [-0.2, -0.15) is 0 Å². The molecule has 1 aliphatic rings. The van der Waals surface area contributed by atoms with Crippen molar-refractivity contribution in [2.45, 2.75) is 6.92 Å². The number of aromatic nitrogens is 1. The molecule has 2 aromatic carbocycles. The molecular weight excluding hydrogens is 346 g/mol. The van der Waals surface area contributed by atoms with Crippen molar-refractivity contribution in [2.75, 3.05) is 0 Å². The van der Waals surface area contributed by atoms with E-state index in [0.29, 0.717) is 11.3 Å². The second kappa shape index (κ2) is 6.21. The maximum Gasteiger partial charge on any atom is 0.270 e. The van der Waals surface area contributed by atoms with E-state index in [-0.39, 0.29) is 28.5 Å². The number of hydrogen-bond donors (Lipinski definition) is 0. The summed E-state index contributed by atoms with van der Waals surface area (Å²) in [5.74, 6) is -1.79. The second-order valence-electron chi connectivity index (χ2n) is 6.27. The Kier molecular flexibility index (Phi) is 3.84. The number of Topliss-reactive ketones (excluding diaryl/α,β-unsaturated/α-hetero) is 2. The van der Waals surface area contributed by atoms with Gasteiger partial charge < -0.3 is 0 Å². The van der Waals surface area contributed by atoms with Crippen LogP contribution in [0.5, 0.6) is 0 Å². The van der Waals surface area contributed by atoms with Crippen LogP contribution in [-0.4, -0.2) is 27.2 Å². The highest BCUT2D eigenvalue weighted by Crippen LogP contribution is 2.33. The number of carbonyl (C=O) groups excluding carboxylic acids is 2. The van der Waals surface area contributed by atoms with Crippen LogP contribution in [0.3, 0.4) is 0 Å². The third-order valence-electron chi connectivity index (χ3n) is 4.54. The fourth-order valence-electron chi connectivity index (χ4n) is 3.27. The standard InChI is InChI=1S/C20H13N3O4/c1-11(24)18-19(16-10-14(23(26)27)6-7-15(16)20(18)25)22-13-5-4-12-3-2-8-21-17(12)9-13/h2-10,18H,1H3/t18-/m0/s1. The molecule has 0 unspecified atom stereocenters. The van der Waals surface area contributed by atoms with Crippen LogP contribution >= 0.6 is 0 Å². The molecule has 4 rings (SSSR count). The minimum absolute atomic E-state index is 0.154. The molecule has 1 heterocycles. The summed E-state index contributed by atoms with van der Waals surface area (Å²) in [5, 5.41) is 12.0. The van der Waals surface area contributed by atoms with E-state index in [0.717, 1.165) is 10.9 Å². The quantitative estimate of drug-likeness (QED) is 0.403. The number of ketones is 2. The number of nitro groups is 1. The molecule has 0 saturated carbocycles. The van der Waals surface area contributed by atoms with Crippen molar-refractivity contribution in [2.24, 2.45) is 10.9 Å². The molecule has 3 aromatic rings. The van der Waals surface area contributed by atoms with Gasteiger partial charge in [0.15, 0.2) is 5.78 Å². The Balaban J connectivity index is 1.91. The van der Waals surface area contributed by atoms with E-state index in [1.165, 1.54) is 25.1 Å². The average Bonchev–Trinajstić information content (AvgIpc) is 2.93. The molecule has 7 heteroatoms. The Morgan fingerprint density at radius 1 is 1.15 bits per heavy atom. The number of non-ortho nitro benzene ring substituents is 1. The van der Waals surface area contributed by atoms with Crippen LogP contribution < -0.4 is 0 Å². The zero-order valence-corrected chi connectivity index (χ0v) is 14.2. The van der Waals surface area contributed by atoms with E-state index < -0.39 is 10.8 Å². The van der Waals surface area contributed by atoms with Crippen LogP contribution in [-0.2, 0) is 4.79 Å². The van der Waals surface area contributed by atoms with Gasteiger partial charge in [-0.25, -0.2) is 0 Å². The first kappa shape index (κ1) is 16.7. The molecule has 7 nitrogen and oxygen atoms in total. The summed E-state index contributed by atoms with van der Waals surface area (Å²) in [6.07, 6.45) is 1.66. The van der Waals surface area contributed by atoms with Gasteiger partial charge in [-0.3, -0.25) is 29.7 Å². The number of fused-ring (bicyclic) bond motifs is 2. The smallest absolute Gasteiger partial charge is 0.270 e. The zero-order chi connectivity index (χ0) is 19.1.